The number of para-hydroxylation sites is 1. The summed E-state index contributed by atoms with van der Waals surface area (Å²) in [6.45, 7) is -0.185. The average molecular weight is 289 g/mol. The minimum absolute atomic E-state index is 0.0586. The van der Waals surface area contributed by atoms with E-state index in [4.69, 9.17) is 10.8 Å². The Morgan fingerprint density at radius 1 is 1.33 bits per heavy atom. The van der Waals surface area contributed by atoms with Crippen LogP contribution in [0.3, 0.4) is 0 Å². The van der Waals surface area contributed by atoms with Crippen molar-refractivity contribution in [3.8, 4) is 0 Å². The summed E-state index contributed by atoms with van der Waals surface area (Å²) in [5.74, 6) is -1.47. The number of carboxylic acids is 1. The first-order valence-corrected chi connectivity index (χ1v) is 6.22. The number of rotatable bonds is 5. The molecule has 0 saturated heterocycles. The lowest BCUT2D eigenvalue weighted by atomic mass is 10.3. The Bertz CT molecular complexity index is 653. The highest BCUT2D eigenvalue weighted by Crippen LogP contribution is 2.12. The highest BCUT2D eigenvalue weighted by atomic mass is 16.4. The maximum Gasteiger partial charge on any atom is 0.358 e. The summed E-state index contributed by atoms with van der Waals surface area (Å²) in [6.07, 6.45) is 0. The van der Waals surface area contributed by atoms with Crippen molar-refractivity contribution >= 4 is 17.6 Å². The third kappa shape index (κ3) is 3.06. The number of carbonyl (C=O) groups excluding carboxylic acids is 1. The second-order valence-electron chi connectivity index (χ2n) is 4.34. The molecule has 110 valence electrons. The standard InChI is InChI=1S/C13H15N5O3/c1-17(9-5-3-2-4-6-9)11(19)8-18-10(7-14)12(13(20)21)15-16-18/h2-6H,7-8,14H2,1H3,(H,20,21). The zero-order valence-electron chi connectivity index (χ0n) is 11.4. The van der Waals surface area contributed by atoms with Crippen molar-refractivity contribution in [3.63, 3.8) is 0 Å². The molecule has 1 amide bonds. The van der Waals surface area contributed by atoms with Gasteiger partial charge in [0.15, 0.2) is 5.69 Å². The Hall–Kier alpha value is -2.74. The number of aromatic carboxylic acids is 1. The van der Waals surface area contributed by atoms with Crippen LogP contribution >= 0.6 is 0 Å². The molecule has 0 aliphatic carbocycles. The molecule has 8 nitrogen and oxygen atoms in total. The van der Waals surface area contributed by atoms with Gasteiger partial charge in [0, 0.05) is 19.3 Å². The highest BCUT2D eigenvalue weighted by molar-refractivity contribution is 5.92. The van der Waals surface area contributed by atoms with Gasteiger partial charge in [-0.15, -0.1) is 5.10 Å². The summed E-state index contributed by atoms with van der Waals surface area (Å²) in [7, 11) is 1.63. The van der Waals surface area contributed by atoms with Crippen molar-refractivity contribution in [1.29, 1.82) is 0 Å². The predicted molar refractivity (Wildman–Crippen MR) is 74.7 cm³/mol. The monoisotopic (exact) mass is 289 g/mol. The lowest BCUT2D eigenvalue weighted by Gasteiger charge is -2.17. The third-order valence-electron chi connectivity index (χ3n) is 3.04. The zero-order chi connectivity index (χ0) is 15.4. The Kier molecular flexibility index (Phi) is 4.29. The van der Waals surface area contributed by atoms with Crippen LogP contribution in [-0.4, -0.2) is 39.0 Å². The molecule has 1 aromatic carbocycles. The second kappa shape index (κ2) is 6.14. The van der Waals surface area contributed by atoms with E-state index in [0.717, 1.165) is 5.69 Å². The molecule has 0 fully saturated rings. The molecule has 1 heterocycles. The van der Waals surface area contributed by atoms with Crippen LogP contribution in [0, 0.1) is 0 Å². The molecule has 3 N–H and O–H groups in total. The zero-order valence-corrected chi connectivity index (χ0v) is 11.4. The number of aromatic nitrogens is 3. The summed E-state index contributed by atoms with van der Waals surface area (Å²) < 4.78 is 1.21. The Morgan fingerprint density at radius 3 is 2.57 bits per heavy atom. The number of anilines is 1. The van der Waals surface area contributed by atoms with Crippen LogP contribution in [0.2, 0.25) is 0 Å². The van der Waals surface area contributed by atoms with Crippen molar-refractivity contribution < 1.29 is 14.7 Å². The van der Waals surface area contributed by atoms with Crippen molar-refractivity contribution in [2.75, 3.05) is 11.9 Å². The SMILES string of the molecule is CN(C(=O)Cn1nnc(C(=O)O)c1CN)c1ccccc1. The van der Waals surface area contributed by atoms with E-state index in [1.54, 1.807) is 19.2 Å². The largest absolute Gasteiger partial charge is 0.476 e. The number of carboxylic acid groups (broad SMARTS) is 1. The predicted octanol–water partition coefficient (Wildman–Crippen LogP) is 0.0980. The normalized spacial score (nSPS) is 10.4. The number of likely N-dealkylation sites (N-methyl/N-ethyl adjacent to an activating group) is 1. The van der Waals surface area contributed by atoms with Crippen LogP contribution in [0.25, 0.3) is 0 Å². The third-order valence-corrected chi connectivity index (χ3v) is 3.04. The molecule has 0 saturated carbocycles. The van der Waals surface area contributed by atoms with Crippen molar-refractivity contribution in [3.05, 3.63) is 41.7 Å². The highest BCUT2D eigenvalue weighted by Gasteiger charge is 2.20. The van der Waals surface area contributed by atoms with E-state index in [1.165, 1.54) is 9.58 Å². The Labute approximate surface area is 120 Å². The summed E-state index contributed by atoms with van der Waals surface area (Å²) in [5.41, 5.74) is 6.23. The van der Waals surface area contributed by atoms with Gasteiger partial charge in [0.05, 0.1) is 5.69 Å². The van der Waals surface area contributed by atoms with Crippen LogP contribution in [0.4, 0.5) is 5.69 Å². The van der Waals surface area contributed by atoms with E-state index in [2.05, 4.69) is 10.3 Å². The van der Waals surface area contributed by atoms with Gasteiger partial charge in [-0.25, -0.2) is 9.48 Å². The summed E-state index contributed by atoms with van der Waals surface area (Å²) in [5, 5.41) is 16.2. The van der Waals surface area contributed by atoms with Gasteiger partial charge in [-0.2, -0.15) is 0 Å². The van der Waals surface area contributed by atoms with Gasteiger partial charge in [-0.3, -0.25) is 4.79 Å². The molecular weight excluding hydrogens is 274 g/mol. The lowest BCUT2D eigenvalue weighted by molar-refractivity contribution is -0.119. The number of nitrogens with two attached hydrogens (primary N) is 1. The van der Waals surface area contributed by atoms with E-state index in [1.807, 2.05) is 18.2 Å². The first-order valence-electron chi connectivity index (χ1n) is 6.22. The van der Waals surface area contributed by atoms with Gasteiger partial charge in [0.2, 0.25) is 5.91 Å². The Balaban J connectivity index is 2.18. The van der Waals surface area contributed by atoms with E-state index < -0.39 is 5.97 Å². The molecule has 0 unspecified atom stereocenters. The summed E-state index contributed by atoms with van der Waals surface area (Å²) in [6, 6.07) is 9.09. The van der Waals surface area contributed by atoms with Crippen LogP contribution in [0.15, 0.2) is 30.3 Å². The number of hydrogen-bond donors (Lipinski definition) is 2. The number of carbonyl (C=O) groups is 2. The van der Waals surface area contributed by atoms with Gasteiger partial charge in [-0.1, -0.05) is 23.4 Å². The van der Waals surface area contributed by atoms with E-state index >= 15 is 0 Å². The molecule has 1 aromatic heterocycles. The van der Waals surface area contributed by atoms with Gasteiger partial charge < -0.3 is 15.7 Å². The molecule has 2 aromatic rings. The minimum Gasteiger partial charge on any atom is -0.476 e. The first kappa shape index (κ1) is 14.7. The van der Waals surface area contributed by atoms with Crippen molar-refractivity contribution in [2.45, 2.75) is 13.1 Å². The summed E-state index contributed by atoms with van der Waals surface area (Å²) in [4.78, 5) is 24.6. The van der Waals surface area contributed by atoms with Gasteiger partial charge in [-0.05, 0) is 12.1 Å². The molecule has 0 radical (unpaired) electrons. The van der Waals surface area contributed by atoms with Gasteiger partial charge in [0.1, 0.15) is 6.54 Å². The first-order chi connectivity index (χ1) is 10.0. The lowest BCUT2D eigenvalue weighted by Crippen LogP contribution is -2.31. The maximum atomic E-state index is 12.2. The van der Waals surface area contributed by atoms with Crippen LogP contribution in [-0.2, 0) is 17.9 Å². The number of nitrogens with zero attached hydrogens (tertiary/aromatic N) is 4. The molecule has 8 heteroatoms. The van der Waals surface area contributed by atoms with Crippen LogP contribution in [0.1, 0.15) is 16.2 Å². The van der Waals surface area contributed by atoms with Crippen molar-refractivity contribution in [2.24, 2.45) is 5.73 Å². The molecule has 0 aliphatic heterocycles. The summed E-state index contributed by atoms with van der Waals surface area (Å²) >= 11 is 0. The van der Waals surface area contributed by atoms with Crippen LogP contribution in [0.5, 0.6) is 0 Å². The quantitative estimate of drug-likeness (QED) is 0.806. The number of benzene rings is 1. The second-order valence-corrected chi connectivity index (χ2v) is 4.34. The molecule has 2 rings (SSSR count). The average Bonchev–Trinajstić information content (AvgIpc) is 2.90. The number of amides is 1. The fraction of sp³-hybridized carbons (Fsp3) is 0.231. The number of hydrogen-bond acceptors (Lipinski definition) is 5. The van der Waals surface area contributed by atoms with E-state index in [-0.39, 0.29) is 30.4 Å². The molecule has 0 atom stereocenters. The van der Waals surface area contributed by atoms with Gasteiger partial charge >= 0.3 is 5.97 Å². The fourth-order valence-electron chi connectivity index (χ4n) is 1.86. The van der Waals surface area contributed by atoms with Crippen LogP contribution < -0.4 is 10.6 Å². The van der Waals surface area contributed by atoms with Gasteiger partial charge in [0.25, 0.3) is 0 Å². The smallest absolute Gasteiger partial charge is 0.358 e. The molecular formula is C13H15N5O3. The van der Waals surface area contributed by atoms with Crippen molar-refractivity contribution in [1.82, 2.24) is 15.0 Å². The molecule has 0 spiro atoms. The van der Waals surface area contributed by atoms with E-state index in [0.29, 0.717) is 0 Å². The maximum absolute atomic E-state index is 12.2. The molecule has 21 heavy (non-hydrogen) atoms. The topological polar surface area (TPSA) is 114 Å². The minimum atomic E-state index is -1.22. The molecule has 0 aliphatic rings. The van der Waals surface area contributed by atoms with E-state index in [9.17, 15) is 9.59 Å². The fourth-order valence-corrected chi connectivity index (χ4v) is 1.86. The molecule has 0 bridgehead atoms. The Morgan fingerprint density at radius 2 is 2.00 bits per heavy atom.